The molecule has 1 aromatic heterocycles. The number of hydrogen-bond donors (Lipinski definition) is 0. The van der Waals surface area contributed by atoms with Gasteiger partial charge in [0.1, 0.15) is 5.82 Å². The van der Waals surface area contributed by atoms with Gasteiger partial charge in [0.05, 0.1) is 31.6 Å². The fourth-order valence-electron chi connectivity index (χ4n) is 6.29. The quantitative estimate of drug-likeness (QED) is 0.187. The van der Waals surface area contributed by atoms with E-state index in [1.54, 1.807) is 12.1 Å². The standard InChI is InChI=1S/C43H30N2/c1-2-41-44-39-20-9-10-21-40(39)45(41)32-25-24-29-26-31(23-22-30(29)27-32)42-35-15-5-7-17-37(35)43(38-18-8-6-16-36(38)42)34-19-11-13-28-12-3-4-14-33(28)34/h3-27H,2H2,1H3/i3D,4D,5D,6D,7D,8D,11D,12D,13D,14D,15D,16D,17D,18D,19D. The zero-order valence-electron chi connectivity index (χ0n) is 38.9. The van der Waals surface area contributed by atoms with Gasteiger partial charge in [0, 0.05) is 12.1 Å². The molecule has 0 saturated heterocycles. The molecule has 0 atom stereocenters. The molecule has 9 rings (SSSR count). The van der Waals surface area contributed by atoms with Crippen LogP contribution in [0, 0.1) is 0 Å². The minimum absolute atomic E-state index is 0.0450. The first-order chi connectivity index (χ1) is 28.5. The zero-order chi connectivity index (χ0) is 43.0. The summed E-state index contributed by atoms with van der Waals surface area (Å²) in [6, 6.07) is 8.81. The molecule has 9 aromatic rings. The first-order valence-corrected chi connectivity index (χ1v) is 14.5. The van der Waals surface area contributed by atoms with Gasteiger partial charge in [-0.25, -0.2) is 4.98 Å². The summed E-state index contributed by atoms with van der Waals surface area (Å²) in [5.41, 5.74) is 2.24. The molecule has 0 N–H and O–H groups in total. The third-order valence-corrected chi connectivity index (χ3v) is 8.25. The van der Waals surface area contributed by atoms with Crippen molar-refractivity contribution in [3.63, 3.8) is 0 Å². The Kier molecular flexibility index (Phi) is 3.35. The van der Waals surface area contributed by atoms with Gasteiger partial charge < -0.3 is 0 Å². The van der Waals surface area contributed by atoms with Crippen LogP contribution >= 0.6 is 0 Å². The van der Waals surface area contributed by atoms with Crippen molar-refractivity contribution >= 4 is 54.1 Å². The number of benzene rings is 8. The monoisotopic (exact) mass is 589 g/mol. The Bertz CT molecular complexity index is 3340. The Balaban J connectivity index is 1.47. The van der Waals surface area contributed by atoms with E-state index in [0.717, 1.165) is 27.9 Å². The molecule has 0 radical (unpaired) electrons. The lowest BCUT2D eigenvalue weighted by Crippen LogP contribution is -2.00. The van der Waals surface area contributed by atoms with Crippen LogP contribution in [0.25, 0.3) is 82.1 Å². The molecular formula is C43H30N2. The second-order valence-electron chi connectivity index (χ2n) is 10.7. The maximum absolute atomic E-state index is 9.35. The van der Waals surface area contributed by atoms with Crippen molar-refractivity contribution in [3.05, 3.63) is 157 Å². The van der Waals surface area contributed by atoms with Crippen LogP contribution in [-0.4, -0.2) is 9.55 Å². The average molecular weight is 590 g/mol. The van der Waals surface area contributed by atoms with E-state index in [1.165, 1.54) is 0 Å². The number of fused-ring (bicyclic) bond motifs is 5. The summed E-state index contributed by atoms with van der Waals surface area (Å²) in [4.78, 5) is 4.80. The van der Waals surface area contributed by atoms with Crippen molar-refractivity contribution < 1.29 is 20.6 Å². The minimum atomic E-state index is -0.752. The van der Waals surface area contributed by atoms with Crippen LogP contribution in [0.1, 0.15) is 33.3 Å². The van der Waals surface area contributed by atoms with Gasteiger partial charge in [-0.15, -0.1) is 0 Å². The molecule has 0 aliphatic rings. The Morgan fingerprint density at radius 2 is 1.20 bits per heavy atom. The van der Waals surface area contributed by atoms with Crippen LogP contribution in [0.15, 0.2) is 151 Å². The summed E-state index contributed by atoms with van der Waals surface area (Å²) in [6.45, 7) is 2.02. The summed E-state index contributed by atoms with van der Waals surface area (Å²) in [7, 11) is 0. The molecule has 0 spiro atoms. The molecule has 0 saturated carbocycles. The van der Waals surface area contributed by atoms with Crippen LogP contribution in [-0.2, 0) is 6.42 Å². The van der Waals surface area contributed by atoms with Crippen LogP contribution < -0.4 is 0 Å². The third-order valence-electron chi connectivity index (χ3n) is 8.25. The number of nitrogens with zero attached hydrogens (tertiary/aromatic N) is 2. The van der Waals surface area contributed by atoms with Crippen LogP contribution in [0.4, 0.5) is 0 Å². The van der Waals surface area contributed by atoms with Crippen molar-refractivity contribution in [1.82, 2.24) is 9.55 Å². The summed E-state index contributed by atoms with van der Waals surface area (Å²) in [6.07, 6.45) is 0.676. The molecule has 2 heteroatoms. The Morgan fingerprint density at radius 3 is 1.96 bits per heavy atom. The predicted octanol–water partition coefficient (Wildman–Crippen LogP) is 11.5. The summed E-state index contributed by atoms with van der Waals surface area (Å²) < 4.78 is 136. The third kappa shape index (κ3) is 3.99. The summed E-state index contributed by atoms with van der Waals surface area (Å²) in [5.74, 6) is 0.863. The summed E-state index contributed by atoms with van der Waals surface area (Å²) in [5, 5.41) is -0.249. The molecule has 1 heterocycles. The van der Waals surface area contributed by atoms with E-state index in [0.29, 0.717) is 17.4 Å². The van der Waals surface area contributed by atoms with Crippen molar-refractivity contribution in [2.75, 3.05) is 0 Å². The lowest BCUT2D eigenvalue weighted by atomic mass is 9.84. The number of hydrogen-bond acceptors (Lipinski definition) is 1. The lowest BCUT2D eigenvalue weighted by molar-refractivity contribution is 0.909. The largest absolute Gasteiger partial charge is 0.296 e. The van der Waals surface area contributed by atoms with E-state index < -0.39 is 107 Å². The molecule has 8 aromatic carbocycles. The van der Waals surface area contributed by atoms with Gasteiger partial charge in [-0.2, -0.15) is 0 Å². The number of rotatable bonds is 4. The smallest absolute Gasteiger partial charge is 0.114 e. The van der Waals surface area contributed by atoms with Crippen molar-refractivity contribution in [3.8, 4) is 27.9 Å². The summed E-state index contributed by atoms with van der Waals surface area (Å²) >= 11 is 0. The topological polar surface area (TPSA) is 17.8 Å². The Hall–Kier alpha value is -5.73. The number of aromatic nitrogens is 2. The number of imidazole rings is 1. The van der Waals surface area contributed by atoms with Crippen LogP contribution in [0.3, 0.4) is 0 Å². The van der Waals surface area contributed by atoms with Gasteiger partial charge in [0.25, 0.3) is 0 Å². The van der Waals surface area contributed by atoms with Gasteiger partial charge in [0.2, 0.25) is 0 Å². The molecule has 0 bridgehead atoms. The molecule has 0 aliphatic carbocycles. The lowest BCUT2D eigenvalue weighted by Gasteiger charge is -2.19. The molecule has 0 unspecified atom stereocenters. The van der Waals surface area contributed by atoms with Gasteiger partial charge >= 0.3 is 0 Å². The van der Waals surface area contributed by atoms with Gasteiger partial charge in [0.15, 0.2) is 0 Å². The van der Waals surface area contributed by atoms with E-state index in [1.807, 2.05) is 55.5 Å². The van der Waals surface area contributed by atoms with Crippen molar-refractivity contribution in [2.45, 2.75) is 13.3 Å². The van der Waals surface area contributed by atoms with E-state index >= 15 is 0 Å². The fourth-order valence-corrected chi connectivity index (χ4v) is 6.29. The van der Waals surface area contributed by atoms with E-state index in [4.69, 9.17) is 18.7 Å². The molecule has 0 fully saturated rings. The van der Waals surface area contributed by atoms with E-state index in [2.05, 4.69) is 4.57 Å². The van der Waals surface area contributed by atoms with Gasteiger partial charge in [-0.05, 0) is 95.7 Å². The normalized spacial score (nSPS) is 16.4. The first kappa shape index (κ1) is 14.8. The SMILES string of the molecule is [2H]c1c([2H])c([2H])c2c(-c3c4c([2H])c([2H])c([2H])c([2H])c4c(-c4ccc5cc(-n6c(CC)nc7ccccc76)ccc5c4)c4c([2H])c([2H])c([2H])c([2H])c34)c([2H])c([2H])c([2H])c2c1[2H]. The Morgan fingerprint density at radius 1 is 0.578 bits per heavy atom. The highest BCUT2D eigenvalue weighted by molar-refractivity contribution is 6.23. The highest BCUT2D eigenvalue weighted by atomic mass is 15.1. The highest BCUT2D eigenvalue weighted by Gasteiger charge is 2.18. The number of aryl methyl sites for hydroxylation is 1. The van der Waals surface area contributed by atoms with Crippen molar-refractivity contribution in [1.29, 1.82) is 0 Å². The zero-order valence-corrected chi connectivity index (χ0v) is 23.9. The fraction of sp³-hybridized carbons (Fsp3) is 0.0465. The maximum atomic E-state index is 9.35. The van der Waals surface area contributed by atoms with Crippen LogP contribution in [0.2, 0.25) is 0 Å². The van der Waals surface area contributed by atoms with Crippen molar-refractivity contribution in [2.24, 2.45) is 0 Å². The molecule has 0 aliphatic heterocycles. The molecule has 45 heavy (non-hydrogen) atoms. The van der Waals surface area contributed by atoms with E-state index in [9.17, 15) is 6.85 Å². The predicted molar refractivity (Wildman–Crippen MR) is 191 cm³/mol. The Labute approximate surface area is 282 Å². The molecular weight excluding hydrogens is 544 g/mol. The van der Waals surface area contributed by atoms with Gasteiger partial charge in [-0.1, -0.05) is 128 Å². The second-order valence-corrected chi connectivity index (χ2v) is 10.7. The maximum Gasteiger partial charge on any atom is 0.114 e. The number of para-hydroxylation sites is 2. The first-order valence-electron chi connectivity index (χ1n) is 22.0. The molecule has 2 nitrogen and oxygen atoms in total. The van der Waals surface area contributed by atoms with E-state index in [-0.39, 0.29) is 32.7 Å². The average Bonchev–Trinajstić information content (AvgIpc) is 3.64. The molecule has 212 valence electrons. The van der Waals surface area contributed by atoms with Crippen LogP contribution in [0.5, 0.6) is 0 Å². The van der Waals surface area contributed by atoms with Gasteiger partial charge in [-0.3, -0.25) is 4.57 Å². The highest BCUT2D eigenvalue weighted by Crippen LogP contribution is 2.45. The molecule has 0 amide bonds. The second kappa shape index (κ2) is 10.2. The minimum Gasteiger partial charge on any atom is -0.296 e.